The molecular formula is C13H18F2NO+. The Bertz CT molecular complexity index is 367. The minimum absolute atomic E-state index is 0.142. The summed E-state index contributed by atoms with van der Waals surface area (Å²) in [6, 6.07) is 4.02. The lowest BCUT2D eigenvalue weighted by molar-refractivity contribution is -0.928. The number of benzene rings is 1. The molecule has 0 amide bonds. The van der Waals surface area contributed by atoms with Crippen molar-refractivity contribution in [3.8, 4) is 0 Å². The minimum Gasteiger partial charge on any atom is -0.364 e. The highest BCUT2D eigenvalue weighted by atomic mass is 19.1. The molecule has 1 aromatic carbocycles. The van der Waals surface area contributed by atoms with Gasteiger partial charge in [-0.1, -0.05) is 6.07 Å². The van der Waals surface area contributed by atoms with E-state index in [-0.39, 0.29) is 17.8 Å². The van der Waals surface area contributed by atoms with Crippen LogP contribution in [0.2, 0.25) is 0 Å². The first-order chi connectivity index (χ1) is 8.06. The predicted octanol–water partition coefficient (Wildman–Crippen LogP) is 1.16. The SMILES string of the molecule is C[C@H]1C[NH+](Cc2c(F)cccc2F)C[C@H](C)O1. The fraction of sp³-hybridized carbons (Fsp3) is 0.538. The molecule has 0 bridgehead atoms. The summed E-state index contributed by atoms with van der Waals surface area (Å²) in [7, 11) is 0. The van der Waals surface area contributed by atoms with Crippen LogP contribution in [0.4, 0.5) is 8.78 Å². The second kappa shape index (κ2) is 5.10. The largest absolute Gasteiger partial charge is 0.364 e. The average molecular weight is 242 g/mol. The Labute approximate surface area is 100 Å². The average Bonchev–Trinajstić information content (AvgIpc) is 2.22. The van der Waals surface area contributed by atoms with Gasteiger partial charge in [0.1, 0.15) is 43.5 Å². The highest BCUT2D eigenvalue weighted by molar-refractivity contribution is 5.18. The van der Waals surface area contributed by atoms with Crippen molar-refractivity contribution in [2.24, 2.45) is 0 Å². The third kappa shape index (κ3) is 3.01. The van der Waals surface area contributed by atoms with Crippen molar-refractivity contribution in [2.75, 3.05) is 13.1 Å². The number of hydrogen-bond acceptors (Lipinski definition) is 1. The van der Waals surface area contributed by atoms with E-state index >= 15 is 0 Å². The number of halogens is 2. The molecule has 0 saturated carbocycles. The van der Waals surface area contributed by atoms with Crippen LogP contribution in [0.15, 0.2) is 18.2 Å². The number of ether oxygens (including phenoxy) is 1. The molecule has 1 N–H and O–H groups in total. The summed E-state index contributed by atoms with van der Waals surface area (Å²) in [4.78, 5) is 1.17. The maximum absolute atomic E-state index is 13.5. The van der Waals surface area contributed by atoms with Crippen molar-refractivity contribution < 1.29 is 18.4 Å². The third-order valence-corrected chi connectivity index (χ3v) is 3.11. The van der Waals surface area contributed by atoms with Gasteiger partial charge in [-0.15, -0.1) is 0 Å². The Morgan fingerprint density at radius 2 is 1.71 bits per heavy atom. The second-order valence-electron chi connectivity index (χ2n) is 4.79. The molecule has 4 heteroatoms. The first-order valence-corrected chi connectivity index (χ1v) is 5.98. The molecule has 0 radical (unpaired) electrons. The molecule has 1 aliphatic rings. The zero-order valence-corrected chi connectivity index (χ0v) is 10.2. The number of rotatable bonds is 2. The number of nitrogens with one attached hydrogen (secondary N) is 1. The normalized spacial score (nSPS) is 29.3. The summed E-state index contributed by atoms with van der Waals surface area (Å²) < 4.78 is 32.6. The molecule has 1 aromatic rings. The summed E-state index contributed by atoms with van der Waals surface area (Å²) >= 11 is 0. The number of quaternary nitrogens is 1. The van der Waals surface area contributed by atoms with Gasteiger partial charge < -0.3 is 9.64 Å². The first-order valence-electron chi connectivity index (χ1n) is 5.98. The molecule has 0 unspecified atom stereocenters. The lowest BCUT2D eigenvalue weighted by Gasteiger charge is -2.32. The molecule has 1 heterocycles. The quantitative estimate of drug-likeness (QED) is 0.821. The van der Waals surface area contributed by atoms with Crippen molar-refractivity contribution in [1.82, 2.24) is 0 Å². The Kier molecular flexibility index (Phi) is 3.74. The van der Waals surface area contributed by atoms with E-state index < -0.39 is 11.6 Å². The molecule has 0 aliphatic carbocycles. The Morgan fingerprint density at radius 1 is 1.18 bits per heavy atom. The molecule has 17 heavy (non-hydrogen) atoms. The van der Waals surface area contributed by atoms with Gasteiger partial charge >= 0.3 is 0 Å². The molecular weight excluding hydrogens is 224 g/mol. The second-order valence-corrected chi connectivity index (χ2v) is 4.79. The van der Waals surface area contributed by atoms with Crippen LogP contribution < -0.4 is 4.90 Å². The van der Waals surface area contributed by atoms with Crippen LogP contribution in [0.25, 0.3) is 0 Å². The zero-order chi connectivity index (χ0) is 12.4. The van der Waals surface area contributed by atoms with E-state index in [1.807, 2.05) is 13.8 Å². The standard InChI is InChI=1S/C13H17F2NO/c1-9-6-16(7-10(2)17-9)8-11-12(14)4-3-5-13(11)15/h3-5,9-10H,6-8H2,1-2H3/p+1/t9-,10-/m0/s1. The Hall–Kier alpha value is -1.00. The van der Waals surface area contributed by atoms with Crippen LogP contribution in [-0.4, -0.2) is 25.3 Å². The van der Waals surface area contributed by atoms with Crippen molar-refractivity contribution in [3.63, 3.8) is 0 Å². The maximum Gasteiger partial charge on any atom is 0.135 e. The topological polar surface area (TPSA) is 13.7 Å². The number of hydrogen-bond donors (Lipinski definition) is 1. The lowest BCUT2D eigenvalue weighted by Crippen LogP contribution is -3.14. The molecule has 2 nitrogen and oxygen atoms in total. The highest BCUT2D eigenvalue weighted by Gasteiger charge is 2.27. The van der Waals surface area contributed by atoms with Gasteiger partial charge in [-0.25, -0.2) is 8.78 Å². The van der Waals surface area contributed by atoms with Crippen LogP contribution >= 0.6 is 0 Å². The summed E-state index contributed by atoms with van der Waals surface area (Å²) in [6.07, 6.45) is 0.284. The van der Waals surface area contributed by atoms with Gasteiger partial charge in [-0.3, -0.25) is 0 Å². The van der Waals surface area contributed by atoms with Crippen LogP contribution in [-0.2, 0) is 11.3 Å². The molecule has 0 aromatic heterocycles. The van der Waals surface area contributed by atoms with Gasteiger partial charge in [0.05, 0.1) is 5.56 Å². The van der Waals surface area contributed by atoms with Gasteiger partial charge in [-0.05, 0) is 26.0 Å². The molecule has 1 saturated heterocycles. The van der Waals surface area contributed by atoms with Gasteiger partial charge in [0, 0.05) is 0 Å². The van der Waals surface area contributed by atoms with E-state index in [1.165, 1.54) is 23.1 Å². The first kappa shape index (κ1) is 12.5. The summed E-state index contributed by atoms with van der Waals surface area (Å²) in [6.45, 7) is 5.95. The summed E-state index contributed by atoms with van der Waals surface area (Å²) in [5.41, 5.74) is 0.184. The number of morpholine rings is 1. The van der Waals surface area contributed by atoms with Gasteiger partial charge in [0.2, 0.25) is 0 Å². The lowest BCUT2D eigenvalue weighted by atomic mass is 10.1. The van der Waals surface area contributed by atoms with Crippen molar-refractivity contribution >= 4 is 0 Å². The fourth-order valence-corrected chi connectivity index (χ4v) is 2.48. The third-order valence-electron chi connectivity index (χ3n) is 3.11. The van der Waals surface area contributed by atoms with Gasteiger partial charge in [0.25, 0.3) is 0 Å². The smallest absolute Gasteiger partial charge is 0.135 e. The van der Waals surface area contributed by atoms with E-state index in [2.05, 4.69) is 0 Å². The summed E-state index contributed by atoms with van der Waals surface area (Å²) in [5.74, 6) is -0.909. The molecule has 1 aliphatic heterocycles. The molecule has 1 fully saturated rings. The van der Waals surface area contributed by atoms with E-state index in [1.54, 1.807) is 0 Å². The Morgan fingerprint density at radius 3 is 2.24 bits per heavy atom. The van der Waals surface area contributed by atoms with Crippen molar-refractivity contribution in [3.05, 3.63) is 35.4 Å². The monoisotopic (exact) mass is 242 g/mol. The summed E-state index contributed by atoms with van der Waals surface area (Å²) in [5, 5.41) is 0. The van der Waals surface area contributed by atoms with Crippen LogP contribution in [0.5, 0.6) is 0 Å². The van der Waals surface area contributed by atoms with Crippen LogP contribution in [0.1, 0.15) is 19.4 Å². The Balaban J connectivity index is 2.10. The van der Waals surface area contributed by atoms with Gasteiger partial charge in [0.15, 0.2) is 0 Å². The molecule has 2 rings (SSSR count). The predicted molar refractivity (Wildman–Crippen MR) is 60.8 cm³/mol. The highest BCUT2D eigenvalue weighted by Crippen LogP contribution is 2.11. The minimum atomic E-state index is -0.454. The van der Waals surface area contributed by atoms with Crippen LogP contribution in [0, 0.1) is 11.6 Å². The van der Waals surface area contributed by atoms with E-state index in [0.29, 0.717) is 6.54 Å². The van der Waals surface area contributed by atoms with E-state index in [4.69, 9.17) is 4.74 Å². The molecule has 0 spiro atoms. The van der Waals surface area contributed by atoms with E-state index in [9.17, 15) is 8.78 Å². The fourth-order valence-electron chi connectivity index (χ4n) is 2.48. The van der Waals surface area contributed by atoms with Gasteiger partial charge in [-0.2, -0.15) is 0 Å². The van der Waals surface area contributed by atoms with Crippen molar-refractivity contribution in [1.29, 1.82) is 0 Å². The van der Waals surface area contributed by atoms with E-state index in [0.717, 1.165) is 13.1 Å². The van der Waals surface area contributed by atoms with Crippen LogP contribution in [0.3, 0.4) is 0 Å². The zero-order valence-electron chi connectivity index (χ0n) is 10.2. The maximum atomic E-state index is 13.5. The molecule has 94 valence electrons. The molecule has 2 atom stereocenters. The van der Waals surface area contributed by atoms with Crippen molar-refractivity contribution in [2.45, 2.75) is 32.6 Å².